The van der Waals surface area contributed by atoms with Crippen molar-refractivity contribution in [3.63, 3.8) is 0 Å². The number of fused-ring (bicyclic) bond motifs is 1. The Morgan fingerprint density at radius 1 is 0.900 bits per heavy atom. The zero-order valence-electron chi connectivity index (χ0n) is 11.5. The van der Waals surface area contributed by atoms with Gasteiger partial charge in [0.15, 0.2) is 11.5 Å². The summed E-state index contributed by atoms with van der Waals surface area (Å²) in [4.78, 5) is 23.0. The van der Waals surface area contributed by atoms with Gasteiger partial charge in [0.05, 0.1) is 0 Å². The first-order valence-electron chi connectivity index (χ1n) is 6.58. The number of carbonyl (C=O) groups excluding carboxylic acids is 2. The fourth-order valence-electron chi connectivity index (χ4n) is 1.79. The molecule has 2 rings (SSSR count). The number of ether oxygens (including phenoxy) is 2. The third-order valence-electron chi connectivity index (χ3n) is 2.86. The third-order valence-corrected chi connectivity index (χ3v) is 2.86. The van der Waals surface area contributed by atoms with Gasteiger partial charge in [-0.15, -0.1) is 0 Å². The Morgan fingerprint density at radius 3 is 2.25 bits per heavy atom. The van der Waals surface area contributed by atoms with Crippen molar-refractivity contribution in [1.82, 2.24) is 0 Å². The predicted octanol–water partition coefficient (Wildman–Crippen LogP) is 3.47. The van der Waals surface area contributed by atoms with Crippen LogP contribution in [-0.4, -0.2) is 11.9 Å². The van der Waals surface area contributed by atoms with Crippen molar-refractivity contribution in [3.8, 4) is 11.5 Å². The second kappa shape index (κ2) is 6.19. The highest BCUT2D eigenvalue weighted by Crippen LogP contribution is 2.36. The minimum Gasteiger partial charge on any atom is -0.422 e. The lowest BCUT2D eigenvalue weighted by Crippen LogP contribution is -2.10. The molecule has 0 radical (unpaired) electrons. The Kier molecular flexibility index (Phi) is 4.35. The first kappa shape index (κ1) is 14.1. The fourth-order valence-corrected chi connectivity index (χ4v) is 1.79. The summed E-state index contributed by atoms with van der Waals surface area (Å²) in [6.07, 6.45) is 0.512. The summed E-state index contributed by atoms with van der Waals surface area (Å²) in [7, 11) is 0. The number of rotatable bonds is 4. The Morgan fingerprint density at radius 2 is 1.55 bits per heavy atom. The number of carbonyl (C=O) groups is 2. The molecule has 2 aromatic rings. The minimum absolute atomic E-state index is 0.254. The van der Waals surface area contributed by atoms with Crippen molar-refractivity contribution < 1.29 is 19.1 Å². The molecule has 2 aromatic carbocycles. The maximum Gasteiger partial charge on any atom is 0.311 e. The van der Waals surface area contributed by atoms with Crippen LogP contribution in [0.2, 0.25) is 0 Å². The van der Waals surface area contributed by atoms with Crippen molar-refractivity contribution in [2.45, 2.75) is 26.7 Å². The van der Waals surface area contributed by atoms with E-state index >= 15 is 0 Å². The average Bonchev–Trinajstić information content (AvgIpc) is 2.49. The summed E-state index contributed by atoms with van der Waals surface area (Å²) in [5.41, 5.74) is 0. The molecule has 0 N–H and O–H groups in total. The molecule has 0 amide bonds. The zero-order valence-corrected chi connectivity index (χ0v) is 11.5. The Hall–Kier alpha value is -2.36. The summed E-state index contributed by atoms with van der Waals surface area (Å²) < 4.78 is 10.6. The zero-order chi connectivity index (χ0) is 14.5. The van der Waals surface area contributed by atoms with Crippen molar-refractivity contribution in [3.05, 3.63) is 36.4 Å². The lowest BCUT2D eigenvalue weighted by molar-refractivity contribution is -0.136. The number of benzene rings is 2. The van der Waals surface area contributed by atoms with E-state index in [1.807, 2.05) is 30.3 Å². The highest BCUT2D eigenvalue weighted by molar-refractivity contribution is 5.93. The Balaban J connectivity index is 2.52. The molecule has 0 aliphatic rings. The van der Waals surface area contributed by atoms with E-state index in [0.717, 1.165) is 10.8 Å². The van der Waals surface area contributed by atoms with Gasteiger partial charge in [-0.1, -0.05) is 44.2 Å². The largest absolute Gasteiger partial charge is 0.422 e. The second-order valence-electron chi connectivity index (χ2n) is 4.27. The van der Waals surface area contributed by atoms with Crippen LogP contribution in [0.15, 0.2) is 36.4 Å². The first-order chi connectivity index (χ1) is 9.65. The van der Waals surface area contributed by atoms with Crippen molar-refractivity contribution in [1.29, 1.82) is 0 Å². The summed E-state index contributed by atoms with van der Waals surface area (Å²) >= 11 is 0. The quantitative estimate of drug-likeness (QED) is 0.631. The SMILES string of the molecule is CCC(=O)Oc1ccc2ccccc2c1OC(=O)CC. The van der Waals surface area contributed by atoms with Gasteiger partial charge in [0.1, 0.15) is 0 Å². The molecule has 0 saturated carbocycles. The van der Waals surface area contributed by atoms with Crippen molar-refractivity contribution >= 4 is 22.7 Å². The molecule has 104 valence electrons. The number of hydrogen-bond acceptors (Lipinski definition) is 4. The van der Waals surface area contributed by atoms with Gasteiger partial charge in [0, 0.05) is 18.2 Å². The predicted molar refractivity (Wildman–Crippen MR) is 75.8 cm³/mol. The maximum absolute atomic E-state index is 11.6. The normalized spacial score (nSPS) is 10.3. The third kappa shape index (κ3) is 2.96. The summed E-state index contributed by atoms with van der Waals surface area (Å²) in [6, 6.07) is 11.0. The topological polar surface area (TPSA) is 52.6 Å². The van der Waals surface area contributed by atoms with Crippen LogP contribution >= 0.6 is 0 Å². The standard InChI is InChI=1S/C16H16O4/c1-3-14(17)19-13-10-9-11-7-5-6-8-12(11)16(13)20-15(18)4-2/h5-10H,3-4H2,1-2H3. The lowest BCUT2D eigenvalue weighted by atomic mass is 10.1. The van der Waals surface area contributed by atoms with Crippen LogP contribution in [0, 0.1) is 0 Å². The van der Waals surface area contributed by atoms with Gasteiger partial charge in [0.25, 0.3) is 0 Å². The van der Waals surface area contributed by atoms with E-state index in [9.17, 15) is 9.59 Å². The van der Waals surface area contributed by atoms with Gasteiger partial charge in [-0.25, -0.2) is 0 Å². The fraction of sp³-hybridized carbons (Fsp3) is 0.250. The van der Waals surface area contributed by atoms with Gasteiger partial charge in [-0.3, -0.25) is 9.59 Å². The highest BCUT2D eigenvalue weighted by Gasteiger charge is 2.15. The molecule has 0 fully saturated rings. The van der Waals surface area contributed by atoms with E-state index in [4.69, 9.17) is 9.47 Å². The van der Waals surface area contributed by atoms with Gasteiger partial charge in [-0.05, 0) is 11.5 Å². The van der Waals surface area contributed by atoms with Crippen LogP contribution in [-0.2, 0) is 9.59 Å². The van der Waals surface area contributed by atoms with Gasteiger partial charge in [-0.2, -0.15) is 0 Å². The summed E-state index contributed by atoms with van der Waals surface area (Å²) in [5, 5.41) is 1.67. The van der Waals surface area contributed by atoms with Crippen LogP contribution in [0.3, 0.4) is 0 Å². The van der Waals surface area contributed by atoms with E-state index < -0.39 is 0 Å². The molecule has 0 atom stereocenters. The molecule has 0 saturated heterocycles. The van der Waals surface area contributed by atoms with Gasteiger partial charge >= 0.3 is 11.9 Å². The second-order valence-corrected chi connectivity index (χ2v) is 4.27. The lowest BCUT2D eigenvalue weighted by Gasteiger charge is -2.12. The van der Waals surface area contributed by atoms with E-state index in [0.29, 0.717) is 5.75 Å². The molecule has 0 spiro atoms. The Bertz CT molecular complexity index is 646. The molecule has 20 heavy (non-hydrogen) atoms. The average molecular weight is 272 g/mol. The van der Waals surface area contributed by atoms with E-state index in [2.05, 4.69) is 0 Å². The van der Waals surface area contributed by atoms with Crippen LogP contribution in [0.4, 0.5) is 0 Å². The molecule has 0 aromatic heterocycles. The minimum atomic E-state index is -0.367. The summed E-state index contributed by atoms with van der Waals surface area (Å²) in [5.74, 6) is -0.154. The first-order valence-corrected chi connectivity index (χ1v) is 6.58. The van der Waals surface area contributed by atoms with Gasteiger partial charge in [0.2, 0.25) is 0 Å². The van der Waals surface area contributed by atoms with Crippen LogP contribution in [0.1, 0.15) is 26.7 Å². The maximum atomic E-state index is 11.6. The van der Waals surface area contributed by atoms with Gasteiger partial charge < -0.3 is 9.47 Å². The van der Waals surface area contributed by atoms with Crippen molar-refractivity contribution in [2.24, 2.45) is 0 Å². The van der Waals surface area contributed by atoms with E-state index in [1.165, 1.54) is 0 Å². The summed E-state index contributed by atoms with van der Waals surface area (Å²) in [6.45, 7) is 3.42. The molecule has 0 unspecified atom stereocenters. The molecule has 0 bridgehead atoms. The van der Waals surface area contributed by atoms with E-state index in [-0.39, 0.29) is 30.5 Å². The molecule has 4 nitrogen and oxygen atoms in total. The molecular weight excluding hydrogens is 256 g/mol. The van der Waals surface area contributed by atoms with Crippen LogP contribution in [0.25, 0.3) is 10.8 Å². The molecule has 4 heteroatoms. The monoisotopic (exact) mass is 272 g/mol. The Labute approximate surface area is 117 Å². The molecule has 0 aliphatic heterocycles. The molecular formula is C16H16O4. The number of esters is 2. The number of hydrogen-bond donors (Lipinski definition) is 0. The smallest absolute Gasteiger partial charge is 0.311 e. The molecule has 0 heterocycles. The van der Waals surface area contributed by atoms with Crippen LogP contribution < -0.4 is 9.47 Å². The molecule has 0 aliphatic carbocycles. The van der Waals surface area contributed by atoms with Crippen LogP contribution in [0.5, 0.6) is 11.5 Å². The van der Waals surface area contributed by atoms with Crippen molar-refractivity contribution in [2.75, 3.05) is 0 Å². The highest BCUT2D eigenvalue weighted by atomic mass is 16.6. The van der Waals surface area contributed by atoms with E-state index in [1.54, 1.807) is 19.9 Å².